The van der Waals surface area contributed by atoms with E-state index in [-0.39, 0.29) is 5.91 Å². The van der Waals surface area contributed by atoms with Gasteiger partial charge in [0.2, 0.25) is 5.91 Å². The molecule has 1 N–H and O–H groups in total. The molecule has 0 radical (unpaired) electrons. The molecule has 0 aromatic heterocycles. The van der Waals surface area contributed by atoms with Crippen LogP contribution in [0.1, 0.15) is 43.7 Å². The summed E-state index contributed by atoms with van der Waals surface area (Å²) < 4.78 is 0. The molecule has 0 unspecified atom stereocenters. The lowest BCUT2D eigenvalue weighted by atomic mass is 9.99. The van der Waals surface area contributed by atoms with Crippen LogP contribution >= 0.6 is 35.0 Å². The summed E-state index contributed by atoms with van der Waals surface area (Å²) in [7, 11) is 0. The SMILES string of the molecule is CC[C@H](C)c1ccc(NC(=O)CCSCc2ccc(Cl)c(Cl)c2)cc1. The van der Waals surface area contributed by atoms with Crippen molar-refractivity contribution in [3.63, 3.8) is 0 Å². The minimum Gasteiger partial charge on any atom is -0.326 e. The second-order valence-electron chi connectivity index (χ2n) is 6.03. The Balaban J connectivity index is 1.72. The predicted molar refractivity (Wildman–Crippen MR) is 111 cm³/mol. The standard InChI is InChI=1S/C20H23Cl2NOS/c1-3-14(2)16-5-7-17(8-6-16)23-20(24)10-11-25-13-15-4-9-18(21)19(22)12-15/h4-9,12,14H,3,10-11,13H2,1-2H3,(H,23,24)/t14-/m0/s1. The quantitative estimate of drug-likeness (QED) is 0.499. The molecule has 25 heavy (non-hydrogen) atoms. The summed E-state index contributed by atoms with van der Waals surface area (Å²) in [5.41, 5.74) is 3.27. The molecular formula is C20H23Cl2NOS. The van der Waals surface area contributed by atoms with Crippen molar-refractivity contribution in [2.75, 3.05) is 11.1 Å². The van der Waals surface area contributed by atoms with Crippen molar-refractivity contribution in [3.8, 4) is 0 Å². The van der Waals surface area contributed by atoms with Gasteiger partial charge in [-0.05, 0) is 47.7 Å². The maximum atomic E-state index is 12.0. The summed E-state index contributed by atoms with van der Waals surface area (Å²) in [6.45, 7) is 4.38. The lowest BCUT2D eigenvalue weighted by molar-refractivity contribution is -0.115. The van der Waals surface area contributed by atoms with Gasteiger partial charge in [-0.15, -0.1) is 0 Å². The van der Waals surface area contributed by atoms with Gasteiger partial charge in [-0.3, -0.25) is 4.79 Å². The lowest BCUT2D eigenvalue weighted by Gasteiger charge is -2.10. The molecule has 1 amide bonds. The molecule has 0 fully saturated rings. The average molecular weight is 396 g/mol. The Kier molecular flexibility index (Phi) is 8.14. The number of halogens is 2. The Hall–Kier alpha value is -1.16. The number of carbonyl (C=O) groups excluding carboxylic acids is 1. The molecule has 2 rings (SSSR count). The molecule has 0 bridgehead atoms. The second-order valence-corrected chi connectivity index (χ2v) is 7.95. The normalized spacial score (nSPS) is 12.0. The van der Waals surface area contributed by atoms with E-state index in [1.165, 1.54) is 5.56 Å². The first kappa shape index (κ1) is 20.2. The number of nitrogens with one attached hydrogen (secondary N) is 1. The fraction of sp³-hybridized carbons (Fsp3) is 0.350. The Morgan fingerprint density at radius 1 is 1.12 bits per heavy atom. The van der Waals surface area contributed by atoms with E-state index in [1.54, 1.807) is 17.8 Å². The van der Waals surface area contributed by atoms with E-state index in [4.69, 9.17) is 23.2 Å². The van der Waals surface area contributed by atoms with Crippen molar-refractivity contribution in [2.45, 2.75) is 38.4 Å². The first-order valence-corrected chi connectivity index (χ1v) is 10.3. The fourth-order valence-electron chi connectivity index (χ4n) is 2.34. The molecule has 5 heteroatoms. The number of anilines is 1. The molecule has 0 aliphatic heterocycles. The lowest BCUT2D eigenvalue weighted by Crippen LogP contribution is -2.12. The number of amides is 1. The van der Waals surface area contributed by atoms with E-state index in [9.17, 15) is 4.79 Å². The van der Waals surface area contributed by atoms with Gasteiger partial charge >= 0.3 is 0 Å². The topological polar surface area (TPSA) is 29.1 Å². The Morgan fingerprint density at radius 2 is 1.84 bits per heavy atom. The van der Waals surface area contributed by atoms with Crippen molar-refractivity contribution in [1.29, 1.82) is 0 Å². The third kappa shape index (κ3) is 6.58. The molecule has 2 nitrogen and oxygen atoms in total. The van der Waals surface area contributed by atoms with Crippen LogP contribution in [0.4, 0.5) is 5.69 Å². The summed E-state index contributed by atoms with van der Waals surface area (Å²) in [5.74, 6) is 2.16. The van der Waals surface area contributed by atoms with Gasteiger partial charge in [-0.1, -0.05) is 55.2 Å². The van der Waals surface area contributed by atoms with Crippen molar-refractivity contribution in [1.82, 2.24) is 0 Å². The fourth-order valence-corrected chi connectivity index (χ4v) is 3.55. The Bertz CT molecular complexity index is 703. The van der Waals surface area contributed by atoms with Crippen LogP contribution in [-0.4, -0.2) is 11.7 Å². The summed E-state index contributed by atoms with van der Waals surface area (Å²) in [6.07, 6.45) is 1.60. The van der Waals surface area contributed by atoms with Crippen LogP contribution in [-0.2, 0) is 10.5 Å². The molecular weight excluding hydrogens is 373 g/mol. The van der Waals surface area contributed by atoms with Gasteiger partial charge in [-0.2, -0.15) is 11.8 Å². The zero-order valence-corrected chi connectivity index (χ0v) is 16.8. The van der Waals surface area contributed by atoms with Gasteiger partial charge in [0.1, 0.15) is 0 Å². The summed E-state index contributed by atoms with van der Waals surface area (Å²) in [4.78, 5) is 12.0. The minimum absolute atomic E-state index is 0.0397. The van der Waals surface area contributed by atoms with Gasteiger partial charge in [0, 0.05) is 23.6 Å². The molecule has 0 aliphatic carbocycles. The predicted octanol–water partition coefficient (Wildman–Crippen LogP) is 6.77. The number of thioether (sulfide) groups is 1. The van der Waals surface area contributed by atoms with Gasteiger partial charge < -0.3 is 5.32 Å². The Labute approximate surface area is 164 Å². The monoisotopic (exact) mass is 395 g/mol. The number of hydrogen-bond donors (Lipinski definition) is 1. The maximum Gasteiger partial charge on any atom is 0.225 e. The minimum atomic E-state index is 0.0397. The zero-order valence-electron chi connectivity index (χ0n) is 14.5. The maximum absolute atomic E-state index is 12.0. The molecule has 2 aromatic rings. The van der Waals surface area contributed by atoms with E-state index in [2.05, 4.69) is 31.3 Å². The van der Waals surface area contributed by atoms with Crippen LogP contribution in [0.3, 0.4) is 0 Å². The first-order valence-electron chi connectivity index (χ1n) is 8.41. The molecule has 2 aromatic carbocycles. The number of hydrogen-bond acceptors (Lipinski definition) is 2. The smallest absolute Gasteiger partial charge is 0.225 e. The molecule has 0 saturated heterocycles. The van der Waals surface area contributed by atoms with Gasteiger partial charge in [0.25, 0.3) is 0 Å². The highest BCUT2D eigenvalue weighted by Crippen LogP contribution is 2.25. The molecule has 0 saturated carbocycles. The van der Waals surface area contributed by atoms with E-state index in [0.29, 0.717) is 22.4 Å². The van der Waals surface area contributed by atoms with Crippen molar-refractivity contribution in [3.05, 3.63) is 63.6 Å². The highest BCUT2D eigenvalue weighted by Gasteiger charge is 2.06. The molecule has 0 heterocycles. The van der Waals surface area contributed by atoms with Crippen molar-refractivity contribution >= 4 is 46.6 Å². The molecule has 1 atom stereocenters. The van der Waals surface area contributed by atoms with E-state index < -0.39 is 0 Å². The largest absolute Gasteiger partial charge is 0.326 e. The molecule has 134 valence electrons. The summed E-state index contributed by atoms with van der Waals surface area (Å²) >= 11 is 13.6. The molecule has 0 aliphatic rings. The Morgan fingerprint density at radius 3 is 2.48 bits per heavy atom. The van der Waals surface area contributed by atoms with Crippen LogP contribution in [0, 0.1) is 0 Å². The van der Waals surface area contributed by atoms with E-state index >= 15 is 0 Å². The zero-order chi connectivity index (χ0) is 18.2. The van der Waals surface area contributed by atoms with Crippen LogP contribution in [0.5, 0.6) is 0 Å². The third-order valence-electron chi connectivity index (χ3n) is 4.10. The van der Waals surface area contributed by atoms with Gasteiger partial charge in [-0.25, -0.2) is 0 Å². The van der Waals surface area contributed by atoms with Crippen LogP contribution in [0.2, 0.25) is 10.0 Å². The highest BCUT2D eigenvalue weighted by atomic mass is 35.5. The van der Waals surface area contributed by atoms with Crippen LogP contribution < -0.4 is 5.32 Å². The van der Waals surface area contributed by atoms with Crippen LogP contribution in [0.25, 0.3) is 0 Å². The van der Waals surface area contributed by atoms with Crippen molar-refractivity contribution < 1.29 is 4.79 Å². The van der Waals surface area contributed by atoms with Gasteiger partial charge in [0.05, 0.1) is 10.0 Å². The van der Waals surface area contributed by atoms with Gasteiger partial charge in [0.15, 0.2) is 0 Å². The van der Waals surface area contributed by atoms with Crippen molar-refractivity contribution in [2.24, 2.45) is 0 Å². The van der Waals surface area contributed by atoms with E-state index in [1.807, 2.05) is 24.3 Å². The number of rotatable bonds is 8. The van der Waals surface area contributed by atoms with E-state index in [0.717, 1.165) is 29.2 Å². The second kappa shape index (κ2) is 10.1. The summed E-state index contributed by atoms with van der Waals surface area (Å²) in [6, 6.07) is 13.8. The number of benzene rings is 2. The number of carbonyl (C=O) groups is 1. The average Bonchev–Trinajstić information content (AvgIpc) is 2.61. The molecule has 0 spiro atoms. The first-order chi connectivity index (χ1) is 12.0. The third-order valence-corrected chi connectivity index (χ3v) is 5.87. The summed E-state index contributed by atoms with van der Waals surface area (Å²) in [5, 5.41) is 4.08. The van der Waals surface area contributed by atoms with Crippen LogP contribution in [0.15, 0.2) is 42.5 Å². The highest BCUT2D eigenvalue weighted by molar-refractivity contribution is 7.98.